The molecule has 26 heavy (non-hydrogen) atoms. The van der Waals surface area contributed by atoms with E-state index >= 15 is 0 Å². The Bertz CT molecular complexity index is 589. The molecule has 4 nitrogen and oxygen atoms in total. The fourth-order valence-electron chi connectivity index (χ4n) is 3.89. The molecule has 0 aromatic rings. The quantitative estimate of drug-likeness (QED) is 0.594. The van der Waals surface area contributed by atoms with E-state index < -0.39 is 11.7 Å². The van der Waals surface area contributed by atoms with Gasteiger partial charge in [-0.1, -0.05) is 29.9 Å². The molecule has 2 aliphatic heterocycles. The third-order valence-corrected chi connectivity index (χ3v) is 5.72. The smallest absolute Gasteiger partial charge is 0.302 e. The molecule has 2 rings (SSSR count). The molecule has 0 aliphatic carbocycles. The highest BCUT2D eigenvalue weighted by Crippen LogP contribution is 2.37. The average Bonchev–Trinajstić information content (AvgIpc) is 2.54. The molecule has 4 atom stereocenters. The minimum absolute atomic E-state index is 0.163. The van der Waals surface area contributed by atoms with Crippen LogP contribution in [0.5, 0.6) is 0 Å². The number of allylic oxidation sites excluding steroid dienone is 2. The van der Waals surface area contributed by atoms with E-state index in [4.69, 9.17) is 9.47 Å². The Morgan fingerprint density at radius 3 is 2.77 bits per heavy atom. The van der Waals surface area contributed by atoms with Crippen molar-refractivity contribution in [3.8, 4) is 0 Å². The normalized spacial score (nSPS) is 37.2. The van der Waals surface area contributed by atoms with Crippen molar-refractivity contribution >= 4 is 5.97 Å². The van der Waals surface area contributed by atoms with Gasteiger partial charge in [0.25, 0.3) is 0 Å². The molecule has 0 radical (unpaired) electrons. The number of aliphatic hydroxyl groups excluding tert-OH is 1. The van der Waals surface area contributed by atoms with Crippen LogP contribution in [0.3, 0.4) is 0 Å². The highest BCUT2D eigenvalue weighted by atomic mass is 16.5. The topological polar surface area (TPSA) is 55.8 Å². The van der Waals surface area contributed by atoms with Crippen LogP contribution in [0.2, 0.25) is 0 Å². The maximum atomic E-state index is 11.2. The van der Waals surface area contributed by atoms with Crippen molar-refractivity contribution in [2.75, 3.05) is 6.61 Å². The molecule has 2 aliphatic rings. The summed E-state index contributed by atoms with van der Waals surface area (Å²) >= 11 is 0. The van der Waals surface area contributed by atoms with Crippen molar-refractivity contribution in [1.29, 1.82) is 0 Å². The molecule has 0 fully saturated rings. The number of esters is 1. The van der Waals surface area contributed by atoms with Crippen LogP contribution in [0.4, 0.5) is 0 Å². The molecule has 2 heterocycles. The van der Waals surface area contributed by atoms with Gasteiger partial charge in [-0.05, 0) is 64.9 Å². The van der Waals surface area contributed by atoms with Crippen LogP contribution in [0.1, 0.15) is 66.2 Å². The molecule has 1 N–H and O–H groups in total. The number of rotatable bonds is 3. The third kappa shape index (κ3) is 5.55. The van der Waals surface area contributed by atoms with Crippen molar-refractivity contribution in [2.24, 2.45) is 5.92 Å². The number of ether oxygens (including phenoxy) is 2. The van der Waals surface area contributed by atoms with Crippen LogP contribution >= 0.6 is 0 Å². The predicted octanol–water partition coefficient (Wildman–Crippen LogP) is 4.49. The van der Waals surface area contributed by atoms with Gasteiger partial charge in [0.15, 0.2) is 0 Å². The summed E-state index contributed by atoms with van der Waals surface area (Å²) in [7, 11) is 0. The molecule has 146 valence electrons. The van der Waals surface area contributed by atoms with E-state index in [1.165, 1.54) is 12.5 Å². The highest BCUT2D eigenvalue weighted by molar-refractivity contribution is 5.66. The van der Waals surface area contributed by atoms with Crippen molar-refractivity contribution in [1.82, 2.24) is 0 Å². The van der Waals surface area contributed by atoms with Crippen LogP contribution < -0.4 is 0 Å². The van der Waals surface area contributed by atoms with Gasteiger partial charge in [-0.3, -0.25) is 4.79 Å². The van der Waals surface area contributed by atoms with Gasteiger partial charge in [-0.2, -0.15) is 0 Å². The van der Waals surface area contributed by atoms with E-state index in [-0.39, 0.29) is 24.6 Å². The molecule has 4 heteroatoms. The van der Waals surface area contributed by atoms with Gasteiger partial charge in [-0.15, -0.1) is 0 Å². The lowest BCUT2D eigenvalue weighted by atomic mass is 9.82. The second-order valence-electron chi connectivity index (χ2n) is 8.14. The van der Waals surface area contributed by atoms with Crippen LogP contribution in [0.15, 0.2) is 35.5 Å². The number of aliphatic hydroxyl groups is 1. The van der Waals surface area contributed by atoms with Crippen LogP contribution in [-0.2, 0) is 14.3 Å². The molecule has 0 saturated carbocycles. The summed E-state index contributed by atoms with van der Waals surface area (Å²) in [6, 6.07) is 0. The van der Waals surface area contributed by atoms with Gasteiger partial charge in [0.05, 0.1) is 17.8 Å². The molecule has 0 spiro atoms. The lowest BCUT2D eigenvalue weighted by molar-refractivity contribution is -0.152. The lowest BCUT2D eigenvalue weighted by Crippen LogP contribution is -2.47. The summed E-state index contributed by atoms with van der Waals surface area (Å²) in [6.45, 7) is 12.1. The maximum absolute atomic E-state index is 11.2. The number of carbonyl (C=O) groups excluding carboxylic acids is 1. The number of hydrogen-bond acceptors (Lipinski definition) is 4. The van der Waals surface area contributed by atoms with E-state index in [2.05, 4.69) is 25.7 Å². The molecular formula is C22H34O4. The molecular weight excluding hydrogens is 328 g/mol. The van der Waals surface area contributed by atoms with Gasteiger partial charge < -0.3 is 14.6 Å². The highest BCUT2D eigenvalue weighted by Gasteiger charge is 2.39. The first kappa shape index (κ1) is 20.9. The lowest BCUT2D eigenvalue weighted by Gasteiger charge is -2.42. The zero-order valence-corrected chi connectivity index (χ0v) is 16.7. The van der Waals surface area contributed by atoms with E-state index in [1.54, 1.807) is 0 Å². The SMILES string of the molecule is C=C(C)[C@H]1CC/C(C)=C/CC[C@]2(C)O[C@H]1/C=C(/COC(C)=O)CC[C@H]2O. The summed E-state index contributed by atoms with van der Waals surface area (Å²) in [5.74, 6) is -0.115. The number of fused-ring (bicyclic) bond motifs is 2. The zero-order valence-electron chi connectivity index (χ0n) is 16.7. The Balaban J connectivity index is 2.39. The first-order chi connectivity index (χ1) is 12.2. The minimum atomic E-state index is -0.587. The van der Waals surface area contributed by atoms with Crippen molar-refractivity contribution in [2.45, 2.75) is 84.0 Å². The summed E-state index contributed by atoms with van der Waals surface area (Å²) < 4.78 is 11.8. The van der Waals surface area contributed by atoms with Crippen LogP contribution in [0.25, 0.3) is 0 Å². The van der Waals surface area contributed by atoms with Crippen LogP contribution in [-0.4, -0.2) is 35.5 Å². The molecule has 0 aromatic heterocycles. The summed E-state index contributed by atoms with van der Waals surface area (Å²) in [5.41, 5.74) is 2.90. The number of carbonyl (C=O) groups is 1. The maximum Gasteiger partial charge on any atom is 0.302 e. The summed E-state index contributed by atoms with van der Waals surface area (Å²) in [6.07, 6.45) is 8.68. The first-order valence-electron chi connectivity index (χ1n) is 9.71. The Kier molecular flexibility index (Phi) is 7.24. The Morgan fingerprint density at radius 2 is 2.12 bits per heavy atom. The van der Waals surface area contributed by atoms with Gasteiger partial charge in [0.1, 0.15) is 6.61 Å². The average molecular weight is 363 g/mol. The molecule has 0 amide bonds. The Hall–Kier alpha value is -1.39. The van der Waals surface area contributed by atoms with E-state index in [1.807, 2.05) is 13.8 Å². The second-order valence-corrected chi connectivity index (χ2v) is 8.14. The molecule has 0 saturated heterocycles. The number of hydrogen-bond donors (Lipinski definition) is 1. The first-order valence-corrected chi connectivity index (χ1v) is 9.71. The van der Waals surface area contributed by atoms with Crippen molar-refractivity contribution in [3.05, 3.63) is 35.5 Å². The van der Waals surface area contributed by atoms with Gasteiger partial charge in [-0.25, -0.2) is 0 Å². The fourth-order valence-corrected chi connectivity index (χ4v) is 3.89. The van der Waals surface area contributed by atoms with Crippen molar-refractivity contribution in [3.63, 3.8) is 0 Å². The second kappa shape index (κ2) is 9.01. The van der Waals surface area contributed by atoms with Gasteiger partial charge in [0.2, 0.25) is 0 Å². The van der Waals surface area contributed by atoms with Gasteiger partial charge in [0, 0.05) is 12.8 Å². The Morgan fingerprint density at radius 1 is 1.38 bits per heavy atom. The summed E-state index contributed by atoms with van der Waals surface area (Å²) in [4.78, 5) is 11.2. The minimum Gasteiger partial charge on any atom is -0.461 e. The molecule has 0 aromatic carbocycles. The van der Waals surface area contributed by atoms with Crippen LogP contribution in [0, 0.1) is 5.92 Å². The van der Waals surface area contributed by atoms with E-state index in [0.29, 0.717) is 12.8 Å². The molecule has 2 bridgehead atoms. The predicted molar refractivity (Wildman–Crippen MR) is 104 cm³/mol. The van der Waals surface area contributed by atoms with Gasteiger partial charge >= 0.3 is 5.97 Å². The Labute approximate surface area is 158 Å². The third-order valence-electron chi connectivity index (χ3n) is 5.72. The standard InChI is InChI=1S/C22H34O4/c1-15(2)19-10-8-16(3)7-6-12-22(5)21(24)11-9-18(13-20(19)26-22)14-25-17(4)23/h7,13,19-21,24H,1,6,8-12,14H2,2-5H3/b16-7+,18-13+/t19-,20+,21-,22+/m1/s1. The van der Waals surface area contributed by atoms with Crippen molar-refractivity contribution < 1.29 is 19.4 Å². The fraction of sp³-hybridized carbons (Fsp3) is 0.682. The van der Waals surface area contributed by atoms with E-state index in [0.717, 1.165) is 36.8 Å². The zero-order chi connectivity index (χ0) is 19.3. The van der Waals surface area contributed by atoms with E-state index in [9.17, 15) is 9.90 Å². The summed E-state index contributed by atoms with van der Waals surface area (Å²) in [5, 5.41) is 10.8. The molecule has 0 unspecified atom stereocenters. The monoisotopic (exact) mass is 362 g/mol. The largest absolute Gasteiger partial charge is 0.461 e.